The summed E-state index contributed by atoms with van der Waals surface area (Å²) in [6.07, 6.45) is 2.96. The molecule has 0 saturated carbocycles. The van der Waals surface area contributed by atoms with Crippen LogP contribution in [0, 0.1) is 0 Å². The van der Waals surface area contributed by atoms with E-state index in [1.54, 1.807) is 4.68 Å². The smallest absolute Gasteiger partial charge is 0.320 e. The highest BCUT2D eigenvalue weighted by atomic mass is 16.5. The lowest BCUT2D eigenvalue weighted by Gasteiger charge is -2.35. The van der Waals surface area contributed by atoms with Crippen LogP contribution in [0.1, 0.15) is 31.9 Å². The summed E-state index contributed by atoms with van der Waals surface area (Å²) in [5.41, 5.74) is 3.08. The fourth-order valence-corrected chi connectivity index (χ4v) is 4.15. The molecule has 8 nitrogen and oxygen atoms in total. The highest BCUT2D eigenvalue weighted by Gasteiger charge is 2.31. The molecule has 0 amide bonds. The molecule has 0 bridgehead atoms. The molecule has 0 aliphatic carbocycles. The molecule has 28 heavy (non-hydrogen) atoms. The first-order chi connectivity index (χ1) is 13.5. The van der Waals surface area contributed by atoms with Gasteiger partial charge in [0.05, 0.1) is 24.4 Å². The van der Waals surface area contributed by atoms with Crippen molar-refractivity contribution in [2.24, 2.45) is 0 Å². The molecule has 4 atom stereocenters. The minimum atomic E-state index is -0.817. The van der Waals surface area contributed by atoms with Crippen LogP contribution in [0.2, 0.25) is 0 Å². The van der Waals surface area contributed by atoms with Crippen LogP contribution in [-0.2, 0) is 16.1 Å². The lowest BCUT2D eigenvalue weighted by atomic mass is 10.1. The van der Waals surface area contributed by atoms with Gasteiger partial charge in [-0.25, -0.2) is 4.68 Å². The van der Waals surface area contributed by atoms with Crippen molar-refractivity contribution in [3.8, 4) is 11.3 Å². The van der Waals surface area contributed by atoms with Crippen LogP contribution in [-0.4, -0.2) is 68.9 Å². The number of rotatable bonds is 5. The third-order valence-electron chi connectivity index (χ3n) is 5.44. The van der Waals surface area contributed by atoms with E-state index in [2.05, 4.69) is 58.6 Å². The third-order valence-corrected chi connectivity index (χ3v) is 5.44. The topological polar surface area (TPSA) is 92.5 Å². The first-order valence-electron chi connectivity index (χ1n) is 9.83. The Morgan fingerprint density at radius 3 is 2.61 bits per heavy atom. The minimum absolute atomic E-state index is 0.0203. The number of nitrogens with zero attached hydrogens (tertiary/aromatic N) is 4. The normalized spacial score (nSPS) is 28.5. The number of hydrogen-bond donors (Lipinski definition) is 2. The van der Waals surface area contributed by atoms with Gasteiger partial charge in [-0.15, -0.1) is 5.10 Å². The zero-order chi connectivity index (χ0) is 19.7. The minimum Gasteiger partial charge on any atom is -0.480 e. The van der Waals surface area contributed by atoms with Gasteiger partial charge >= 0.3 is 5.97 Å². The van der Waals surface area contributed by atoms with E-state index >= 15 is 0 Å². The lowest BCUT2D eigenvalue weighted by molar-refractivity contribution is -0.139. The highest BCUT2D eigenvalue weighted by molar-refractivity contribution is 5.73. The molecule has 1 aromatic carbocycles. The molecule has 0 unspecified atom stereocenters. The quantitative estimate of drug-likeness (QED) is 0.806. The first kappa shape index (κ1) is 19.0. The summed E-state index contributed by atoms with van der Waals surface area (Å²) in [5.74, 6) is -0.817. The van der Waals surface area contributed by atoms with Gasteiger partial charge in [-0.2, -0.15) is 0 Å². The Morgan fingerprint density at radius 2 is 1.96 bits per heavy atom. The summed E-state index contributed by atoms with van der Waals surface area (Å²) in [4.78, 5) is 13.5. The van der Waals surface area contributed by atoms with Crippen LogP contribution in [0.4, 0.5) is 0 Å². The summed E-state index contributed by atoms with van der Waals surface area (Å²) in [7, 11) is 0. The number of aliphatic carboxylic acids is 1. The van der Waals surface area contributed by atoms with E-state index in [0.29, 0.717) is 13.0 Å². The standard InChI is InChI=1S/C20H27N5O3/c1-13-9-24(10-14(2)28-13)11-15-3-5-16(6-4-15)19-12-25(23-22-19)17-7-18(20(26)27)21-8-17/h3-6,12-14,17-18,21H,7-11H2,1-2H3,(H,26,27)/t13-,14+,17-,18-/m0/s1. The number of nitrogens with one attached hydrogen (secondary N) is 1. The molecule has 3 heterocycles. The van der Waals surface area contributed by atoms with E-state index < -0.39 is 12.0 Å². The third kappa shape index (κ3) is 4.24. The molecule has 2 aliphatic rings. The highest BCUT2D eigenvalue weighted by Crippen LogP contribution is 2.23. The Balaban J connectivity index is 1.39. The van der Waals surface area contributed by atoms with Gasteiger partial charge in [0.1, 0.15) is 11.7 Å². The number of carboxylic acid groups (broad SMARTS) is 1. The van der Waals surface area contributed by atoms with E-state index in [0.717, 1.165) is 30.9 Å². The molecule has 4 rings (SSSR count). The molecule has 2 N–H and O–H groups in total. The Hall–Kier alpha value is -2.29. The van der Waals surface area contributed by atoms with Crippen molar-refractivity contribution in [2.75, 3.05) is 19.6 Å². The average Bonchev–Trinajstić information content (AvgIpc) is 3.31. The van der Waals surface area contributed by atoms with E-state index in [9.17, 15) is 4.79 Å². The van der Waals surface area contributed by atoms with E-state index in [-0.39, 0.29) is 18.2 Å². The van der Waals surface area contributed by atoms with E-state index in [1.165, 1.54) is 5.56 Å². The van der Waals surface area contributed by atoms with Crippen molar-refractivity contribution in [3.63, 3.8) is 0 Å². The maximum atomic E-state index is 11.1. The maximum absolute atomic E-state index is 11.1. The average molecular weight is 385 g/mol. The van der Waals surface area contributed by atoms with Gasteiger partial charge in [0, 0.05) is 31.7 Å². The van der Waals surface area contributed by atoms with Crippen molar-refractivity contribution in [1.82, 2.24) is 25.2 Å². The monoisotopic (exact) mass is 385 g/mol. The SMILES string of the molecule is C[C@@H]1CN(Cc2ccc(-c3cn([C@@H]4CN[C@H](C(=O)O)C4)nn3)cc2)C[C@H](C)O1. The van der Waals surface area contributed by atoms with E-state index in [1.807, 2.05) is 6.20 Å². The zero-order valence-corrected chi connectivity index (χ0v) is 16.3. The predicted octanol–water partition coefficient (Wildman–Crippen LogP) is 1.54. The fraction of sp³-hybridized carbons (Fsp3) is 0.550. The van der Waals surface area contributed by atoms with Crippen molar-refractivity contribution < 1.29 is 14.6 Å². The van der Waals surface area contributed by atoms with Crippen LogP contribution >= 0.6 is 0 Å². The summed E-state index contributed by atoms with van der Waals surface area (Å²) >= 11 is 0. The number of benzene rings is 1. The Morgan fingerprint density at radius 1 is 1.25 bits per heavy atom. The van der Waals surface area contributed by atoms with Crippen LogP contribution in [0.25, 0.3) is 11.3 Å². The van der Waals surface area contributed by atoms with Gasteiger partial charge in [0.2, 0.25) is 0 Å². The molecular formula is C20H27N5O3. The van der Waals surface area contributed by atoms with Gasteiger partial charge in [0.25, 0.3) is 0 Å². The predicted molar refractivity (Wildman–Crippen MR) is 104 cm³/mol. The van der Waals surface area contributed by atoms with Crippen LogP contribution in [0.3, 0.4) is 0 Å². The Kier molecular flexibility index (Phi) is 5.43. The number of hydrogen-bond acceptors (Lipinski definition) is 6. The van der Waals surface area contributed by atoms with Gasteiger partial charge in [-0.1, -0.05) is 29.5 Å². The summed E-state index contributed by atoms with van der Waals surface area (Å²) in [6.45, 7) is 7.64. The fourth-order valence-electron chi connectivity index (χ4n) is 4.15. The second-order valence-corrected chi connectivity index (χ2v) is 7.92. The summed E-state index contributed by atoms with van der Waals surface area (Å²) < 4.78 is 7.57. The van der Waals surface area contributed by atoms with Crippen molar-refractivity contribution in [1.29, 1.82) is 0 Å². The first-order valence-corrected chi connectivity index (χ1v) is 9.83. The largest absolute Gasteiger partial charge is 0.480 e. The van der Waals surface area contributed by atoms with Gasteiger partial charge in [-0.3, -0.25) is 9.69 Å². The maximum Gasteiger partial charge on any atom is 0.320 e. The number of carbonyl (C=O) groups is 1. The Labute approximate surface area is 164 Å². The van der Waals surface area contributed by atoms with Crippen LogP contribution in [0.15, 0.2) is 30.5 Å². The number of morpholine rings is 1. The summed E-state index contributed by atoms with van der Waals surface area (Å²) in [6, 6.07) is 7.93. The molecule has 150 valence electrons. The number of ether oxygens (including phenoxy) is 1. The lowest BCUT2D eigenvalue weighted by Crippen LogP contribution is -2.44. The van der Waals surface area contributed by atoms with Gasteiger partial charge in [0.15, 0.2) is 0 Å². The second-order valence-electron chi connectivity index (χ2n) is 7.92. The molecule has 8 heteroatoms. The summed E-state index contributed by atoms with van der Waals surface area (Å²) in [5, 5.41) is 20.6. The zero-order valence-electron chi connectivity index (χ0n) is 16.3. The molecular weight excluding hydrogens is 358 g/mol. The van der Waals surface area contributed by atoms with Crippen molar-refractivity contribution >= 4 is 5.97 Å². The number of aromatic nitrogens is 3. The van der Waals surface area contributed by atoms with E-state index in [4.69, 9.17) is 9.84 Å². The molecule has 2 aromatic rings. The molecule has 1 aromatic heterocycles. The van der Waals surface area contributed by atoms with Gasteiger partial charge < -0.3 is 15.2 Å². The van der Waals surface area contributed by atoms with Gasteiger partial charge in [-0.05, 0) is 25.8 Å². The van der Waals surface area contributed by atoms with Crippen LogP contribution in [0.5, 0.6) is 0 Å². The molecule has 2 saturated heterocycles. The van der Waals surface area contributed by atoms with Crippen molar-refractivity contribution in [2.45, 2.75) is 51.1 Å². The molecule has 0 radical (unpaired) electrons. The second kappa shape index (κ2) is 7.98. The van der Waals surface area contributed by atoms with Crippen LogP contribution < -0.4 is 5.32 Å². The molecule has 2 fully saturated rings. The van der Waals surface area contributed by atoms with Crippen molar-refractivity contribution in [3.05, 3.63) is 36.0 Å². The Bertz CT molecular complexity index is 812. The number of carboxylic acids is 1. The molecule has 0 spiro atoms. The molecule has 2 aliphatic heterocycles.